The Morgan fingerprint density at radius 3 is 2.75 bits per heavy atom. The maximum atomic E-state index is 12.0. The first-order chi connectivity index (χ1) is 11.5. The minimum Gasteiger partial charge on any atom is -0.466 e. The van der Waals surface area contributed by atoms with E-state index < -0.39 is 11.6 Å². The number of nitrogens with zero attached hydrogens (tertiary/aromatic N) is 2. The highest BCUT2D eigenvalue weighted by Gasteiger charge is 2.26. The van der Waals surface area contributed by atoms with E-state index in [4.69, 9.17) is 4.42 Å². The van der Waals surface area contributed by atoms with E-state index in [1.54, 1.807) is 31.2 Å². The first-order valence-corrected chi connectivity index (χ1v) is 8.07. The van der Waals surface area contributed by atoms with Crippen LogP contribution in [0.25, 0.3) is 11.3 Å². The third-order valence-corrected chi connectivity index (χ3v) is 3.95. The molecule has 7 nitrogen and oxygen atoms in total. The lowest BCUT2D eigenvalue weighted by Crippen LogP contribution is -2.40. The Morgan fingerprint density at radius 2 is 2.12 bits per heavy atom. The van der Waals surface area contributed by atoms with Gasteiger partial charge in [0.05, 0.1) is 12.8 Å². The van der Waals surface area contributed by atoms with Gasteiger partial charge in [0.15, 0.2) is 0 Å². The zero-order valence-electron chi connectivity index (χ0n) is 12.9. The zero-order chi connectivity index (χ0) is 17.0. The summed E-state index contributed by atoms with van der Waals surface area (Å²) >= 11 is 1.28. The number of rotatable bonds is 5. The first-order valence-electron chi connectivity index (χ1n) is 7.23. The summed E-state index contributed by atoms with van der Waals surface area (Å²) in [6.45, 7) is 1.59. The standard InChI is InChI=1S/C16H16N4O3S/c1-16(22,14-3-2-8-23-14)10-17-15(21)18-12-6-4-11(5-7-12)13-9-24-20-19-13/h2-9,22H,10H2,1H3,(H2,17,18,21)/t16-/m0/s1. The lowest BCUT2D eigenvalue weighted by atomic mass is 10.0. The van der Waals surface area contributed by atoms with Gasteiger partial charge in [-0.25, -0.2) is 4.79 Å². The van der Waals surface area contributed by atoms with Gasteiger partial charge in [0, 0.05) is 16.6 Å². The van der Waals surface area contributed by atoms with Crippen molar-refractivity contribution in [3.63, 3.8) is 0 Å². The number of nitrogens with one attached hydrogen (secondary N) is 2. The predicted molar refractivity (Wildman–Crippen MR) is 90.6 cm³/mol. The Kier molecular flexibility index (Phi) is 4.59. The number of hydrogen-bond donors (Lipinski definition) is 3. The van der Waals surface area contributed by atoms with E-state index in [1.807, 2.05) is 17.5 Å². The van der Waals surface area contributed by atoms with E-state index in [-0.39, 0.29) is 6.54 Å². The summed E-state index contributed by atoms with van der Waals surface area (Å²) in [5, 5.41) is 21.5. The molecule has 2 amide bonds. The Labute approximate surface area is 142 Å². The Balaban J connectivity index is 1.55. The second-order valence-corrected chi connectivity index (χ2v) is 6.04. The van der Waals surface area contributed by atoms with Gasteiger partial charge >= 0.3 is 6.03 Å². The van der Waals surface area contributed by atoms with E-state index in [2.05, 4.69) is 20.2 Å². The quantitative estimate of drug-likeness (QED) is 0.661. The molecule has 24 heavy (non-hydrogen) atoms. The lowest BCUT2D eigenvalue weighted by molar-refractivity contribution is 0.0372. The summed E-state index contributed by atoms with van der Waals surface area (Å²) in [6, 6.07) is 10.2. The van der Waals surface area contributed by atoms with Crippen LogP contribution in [0, 0.1) is 0 Å². The Hall–Kier alpha value is -2.71. The molecule has 2 heterocycles. The van der Waals surface area contributed by atoms with Gasteiger partial charge in [-0.1, -0.05) is 16.6 Å². The molecule has 3 N–H and O–H groups in total. The zero-order valence-corrected chi connectivity index (χ0v) is 13.7. The maximum Gasteiger partial charge on any atom is 0.319 e. The van der Waals surface area contributed by atoms with Crippen LogP contribution in [0.2, 0.25) is 0 Å². The van der Waals surface area contributed by atoms with E-state index in [9.17, 15) is 9.90 Å². The molecule has 1 aromatic carbocycles. The number of furan rings is 1. The van der Waals surface area contributed by atoms with Crippen molar-refractivity contribution < 1.29 is 14.3 Å². The first kappa shape index (κ1) is 16.2. The van der Waals surface area contributed by atoms with Gasteiger partial charge in [0.2, 0.25) is 0 Å². The minimum atomic E-state index is -1.28. The summed E-state index contributed by atoms with van der Waals surface area (Å²) in [5.41, 5.74) is 1.08. The highest BCUT2D eigenvalue weighted by atomic mass is 32.1. The van der Waals surface area contributed by atoms with Crippen molar-refractivity contribution in [3.05, 3.63) is 53.8 Å². The number of aromatic nitrogens is 2. The molecule has 0 aliphatic rings. The molecule has 3 aromatic rings. The highest BCUT2D eigenvalue weighted by Crippen LogP contribution is 2.21. The highest BCUT2D eigenvalue weighted by molar-refractivity contribution is 7.03. The van der Waals surface area contributed by atoms with E-state index >= 15 is 0 Å². The number of carbonyl (C=O) groups excluding carboxylic acids is 1. The van der Waals surface area contributed by atoms with Gasteiger partial charge in [0.25, 0.3) is 0 Å². The van der Waals surface area contributed by atoms with E-state index in [0.29, 0.717) is 11.4 Å². The molecule has 3 rings (SSSR count). The van der Waals surface area contributed by atoms with Crippen molar-refractivity contribution in [2.75, 3.05) is 11.9 Å². The van der Waals surface area contributed by atoms with Crippen molar-refractivity contribution in [2.45, 2.75) is 12.5 Å². The normalized spacial score (nSPS) is 13.2. The molecule has 0 bridgehead atoms. The summed E-state index contributed by atoms with van der Waals surface area (Å²) in [5.74, 6) is 0.393. The fourth-order valence-electron chi connectivity index (χ4n) is 2.11. The van der Waals surface area contributed by atoms with Crippen molar-refractivity contribution in [1.29, 1.82) is 0 Å². The SMILES string of the molecule is C[C@](O)(CNC(=O)Nc1ccc(-c2csnn2)cc1)c1ccco1. The second kappa shape index (κ2) is 6.81. The third-order valence-electron chi connectivity index (χ3n) is 3.44. The molecular weight excluding hydrogens is 328 g/mol. The summed E-state index contributed by atoms with van der Waals surface area (Å²) < 4.78 is 8.98. The van der Waals surface area contributed by atoms with Crippen LogP contribution in [0.1, 0.15) is 12.7 Å². The average molecular weight is 344 g/mol. The van der Waals surface area contributed by atoms with Crippen LogP contribution < -0.4 is 10.6 Å². The topological polar surface area (TPSA) is 100 Å². The van der Waals surface area contributed by atoms with E-state index in [1.165, 1.54) is 17.8 Å². The summed E-state index contributed by atoms with van der Waals surface area (Å²) in [4.78, 5) is 12.0. The third kappa shape index (κ3) is 3.79. The molecule has 124 valence electrons. The van der Waals surface area contributed by atoms with Crippen LogP contribution in [0.15, 0.2) is 52.5 Å². The van der Waals surface area contributed by atoms with Crippen molar-refractivity contribution >= 4 is 23.3 Å². The molecule has 0 aliphatic carbocycles. The molecule has 0 radical (unpaired) electrons. The maximum absolute atomic E-state index is 12.0. The van der Waals surface area contributed by atoms with Gasteiger partial charge in [-0.2, -0.15) is 0 Å². The number of urea groups is 1. The Morgan fingerprint density at radius 1 is 1.33 bits per heavy atom. The molecule has 0 unspecified atom stereocenters. The predicted octanol–water partition coefficient (Wildman–Crippen LogP) is 2.83. The largest absolute Gasteiger partial charge is 0.466 e. The van der Waals surface area contributed by atoms with Gasteiger partial charge < -0.3 is 20.2 Å². The van der Waals surface area contributed by atoms with Gasteiger partial charge in [-0.05, 0) is 42.7 Å². The fourth-order valence-corrected chi connectivity index (χ4v) is 2.58. The smallest absolute Gasteiger partial charge is 0.319 e. The molecule has 1 atom stereocenters. The molecule has 2 aromatic heterocycles. The number of amides is 2. The number of anilines is 1. The van der Waals surface area contributed by atoms with Crippen LogP contribution in [0.5, 0.6) is 0 Å². The minimum absolute atomic E-state index is 0.0227. The number of benzene rings is 1. The van der Waals surface area contributed by atoms with Crippen molar-refractivity contribution in [1.82, 2.24) is 14.9 Å². The monoisotopic (exact) mass is 344 g/mol. The second-order valence-electron chi connectivity index (χ2n) is 5.43. The van der Waals surface area contributed by atoms with Gasteiger partial charge in [0.1, 0.15) is 17.1 Å². The van der Waals surface area contributed by atoms with Gasteiger partial charge in [-0.15, -0.1) is 5.10 Å². The van der Waals surface area contributed by atoms with Gasteiger partial charge in [-0.3, -0.25) is 0 Å². The average Bonchev–Trinajstić information content (AvgIpc) is 3.27. The molecule has 0 fully saturated rings. The molecule has 0 saturated heterocycles. The molecule has 8 heteroatoms. The molecular formula is C16H16N4O3S. The lowest BCUT2D eigenvalue weighted by Gasteiger charge is -2.21. The molecule has 0 aliphatic heterocycles. The van der Waals surface area contributed by atoms with Crippen molar-refractivity contribution in [2.24, 2.45) is 0 Å². The van der Waals surface area contributed by atoms with Crippen molar-refractivity contribution in [3.8, 4) is 11.3 Å². The van der Waals surface area contributed by atoms with Crippen LogP contribution >= 0.6 is 11.5 Å². The van der Waals surface area contributed by atoms with Crippen LogP contribution in [0.4, 0.5) is 10.5 Å². The summed E-state index contributed by atoms with van der Waals surface area (Å²) in [7, 11) is 0. The number of carbonyl (C=O) groups is 1. The molecule has 0 spiro atoms. The molecule has 0 saturated carbocycles. The fraction of sp³-hybridized carbons (Fsp3) is 0.188. The number of hydrogen-bond acceptors (Lipinski definition) is 6. The van der Waals surface area contributed by atoms with Crippen LogP contribution in [0.3, 0.4) is 0 Å². The number of aliphatic hydroxyl groups is 1. The Bertz CT molecular complexity index is 783. The van der Waals surface area contributed by atoms with Crippen LogP contribution in [-0.2, 0) is 5.60 Å². The van der Waals surface area contributed by atoms with E-state index in [0.717, 1.165) is 11.3 Å². The summed E-state index contributed by atoms with van der Waals surface area (Å²) in [6.07, 6.45) is 1.48. The van der Waals surface area contributed by atoms with Crippen LogP contribution in [-0.4, -0.2) is 27.3 Å².